The molecule has 0 aliphatic heterocycles. The number of hydrogen-bond donors (Lipinski definition) is 2. The molecule has 0 aliphatic rings. The van der Waals surface area contributed by atoms with Crippen molar-refractivity contribution in [2.24, 2.45) is 5.10 Å². The minimum absolute atomic E-state index is 0.468. The molecule has 0 saturated carbocycles. The van der Waals surface area contributed by atoms with Crippen LogP contribution in [0.1, 0.15) is 11.1 Å². The summed E-state index contributed by atoms with van der Waals surface area (Å²) in [5, 5.41) is 7.61. The predicted molar refractivity (Wildman–Crippen MR) is 84.6 cm³/mol. The van der Waals surface area contributed by atoms with Crippen LogP contribution in [0.25, 0.3) is 0 Å². The molecular formula is C15H15N3S. The standard InChI is InChI=1S/C15H15N3S/c1-12-6-5-7-13(10-12)11-16-18-15(19)17-14-8-3-2-4-9-14/h2-11H,1H3,(H2,17,18,19)/b16-11-. The number of hydrazone groups is 1. The van der Waals surface area contributed by atoms with E-state index in [1.165, 1.54) is 5.56 Å². The summed E-state index contributed by atoms with van der Waals surface area (Å²) in [5.74, 6) is 0. The van der Waals surface area contributed by atoms with E-state index in [0.29, 0.717) is 5.11 Å². The van der Waals surface area contributed by atoms with Crippen molar-refractivity contribution in [3.8, 4) is 0 Å². The molecule has 0 atom stereocenters. The van der Waals surface area contributed by atoms with Crippen LogP contribution >= 0.6 is 12.2 Å². The van der Waals surface area contributed by atoms with Crippen molar-refractivity contribution in [3.63, 3.8) is 0 Å². The Kier molecular flexibility index (Phi) is 4.64. The summed E-state index contributed by atoms with van der Waals surface area (Å²) in [6.45, 7) is 2.05. The fourth-order valence-corrected chi connectivity index (χ4v) is 1.77. The zero-order chi connectivity index (χ0) is 13.5. The minimum atomic E-state index is 0.468. The maximum Gasteiger partial charge on any atom is 0.191 e. The van der Waals surface area contributed by atoms with Crippen LogP contribution in [0, 0.1) is 6.92 Å². The number of rotatable bonds is 3. The zero-order valence-corrected chi connectivity index (χ0v) is 11.4. The molecule has 0 fully saturated rings. The largest absolute Gasteiger partial charge is 0.331 e. The number of hydrogen-bond acceptors (Lipinski definition) is 2. The summed E-state index contributed by atoms with van der Waals surface area (Å²) in [5.41, 5.74) is 5.96. The molecule has 2 aromatic carbocycles. The summed E-state index contributed by atoms with van der Waals surface area (Å²) in [6, 6.07) is 17.8. The van der Waals surface area contributed by atoms with Crippen molar-refractivity contribution in [2.45, 2.75) is 6.92 Å². The summed E-state index contributed by atoms with van der Waals surface area (Å²) in [7, 11) is 0. The molecule has 2 rings (SSSR count). The molecule has 0 saturated heterocycles. The van der Waals surface area contributed by atoms with E-state index in [2.05, 4.69) is 21.9 Å². The van der Waals surface area contributed by atoms with Crippen molar-refractivity contribution in [1.82, 2.24) is 5.43 Å². The highest BCUT2D eigenvalue weighted by atomic mass is 32.1. The van der Waals surface area contributed by atoms with Crippen LogP contribution in [0.4, 0.5) is 5.69 Å². The number of anilines is 1. The monoisotopic (exact) mass is 269 g/mol. The van der Waals surface area contributed by atoms with Gasteiger partial charge in [-0.05, 0) is 36.8 Å². The smallest absolute Gasteiger partial charge is 0.191 e. The second-order valence-electron chi connectivity index (χ2n) is 4.10. The molecule has 0 aliphatic carbocycles. The highest BCUT2D eigenvalue weighted by Gasteiger charge is 1.94. The van der Waals surface area contributed by atoms with Crippen LogP contribution < -0.4 is 10.7 Å². The van der Waals surface area contributed by atoms with Gasteiger partial charge in [-0.15, -0.1) is 0 Å². The maximum atomic E-state index is 5.14. The molecule has 96 valence electrons. The Labute approximate surface area is 118 Å². The minimum Gasteiger partial charge on any atom is -0.331 e. The first-order chi connectivity index (χ1) is 9.24. The summed E-state index contributed by atoms with van der Waals surface area (Å²) < 4.78 is 0. The number of aryl methyl sites for hydroxylation is 1. The van der Waals surface area contributed by atoms with E-state index in [9.17, 15) is 0 Å². The summed E-state index contributed by atoms with van der Waals surface area (Å²) in [4.78, 5) is 0. The first-order valence-corrected chi connectivity index (χ1v) is 6.36. The molecule has 4 heteroatoms. The number of nitrogens with one attached hydrogen (secondary N) is 2. The Morgan fingerprint density at radius 2 is 1.89 bits per heavy atom. The lowest BCUT2D eigenvalue weighted by Crippen LogP contribution is -2.23. The van der Waals surface area contributed by atoms with E-state index < -0.39 is 0 Å². The Morgan fingerprint density at radius 1 is 1.11 bits per heavy atom. The van der Waals surface area contributed by atoms with Crippen LogP contribution in [0.15, 0.2) is 59.7 Å². The lowest BCUT2D eigenvalue weighted by Gasteiger charge is -2.06. The molecule has 0 radical (unpaired) electrons. The Morgan fingerprint density at radius 3 is 2.63 bits per heavy atom. The number of thiocarbonyl (C=S) groups is 1. The Hall–Kier alpha value is -2.20. The molecule has 0 unspecified atom stereocenters. The third-order valence-electron chi connectivity index (χ3n) is 2.45. The van der Waals surface area contributed by atoms with Gasteiger partial charge in [-0.3, -0.25) is 5.43 Å². The molecule has 0 amide bonds. The van der Waals surface area contributed by atoms with Gasteiger partial charge in [-0.1, -0.05) is 48.0 Å². The maximum absolute atomic E-state index is 5.14. The first-order valence-electron chi connectivity index (χ1n) is 5.96. The fourth-order valence-electron chi connectivity index (χ4n) is 1.60. The van der Waals surface area contributed by atoms with Crippen LogP contribution in [-0.4, -0.2) is 11.3 Å². The van der Waals surface area contributed by atoms with Crippen molar-refractivity contribution < 1.29 is 0 Å². The van der Waals surface area contributed by atoms with Crippen molar-refractivity contribution >= 4 is 29.2 Å². The quantitative estimate of drug-likeness (QED) is 0.510. The third kappa shape index (κ3) is 4.52. The average Bonchev–Trinajstić information content (AvgIpc) is 2.40. The van der Waals surface area contributed by atoms with Crippen LogP contribution in [-0.2, 0) is 0 Å². The van der Waals surface area contributed by atoms with Crippen LogP contribution in [0.3, 0.4) is 0 Å². The molecule has 19 heavy (non-hydrogen) atoms. The van der Waals surface area contributed by atoms with Crippen molar-refractivity contribution in [1.29, 1.82) is 0 Å². The topological polar surface area (TPSA) is 36.4 Å². The molecular weight excluding hydrogens is 254 g/mol. The Balaban J connectivity index is 1.87. The van der Waals surface area contributed by atoms with E-state index in [1.54, 1.807) is 6.21 Å². The van der Waals surface area contributed by atoms with Gasteiger partial charge in [0.25, 0.3) is 0 Å². The SMILES string of the molecule is Cc1cccc(/C=N\NC(=S)Nc2ccccc2)c1. The van der Waals surface area contributed by atoms with E-state index in [-0.39, 0.29) is 0 Å². The van der Waals surface area contributed by atoms with E-state index in [4.69, 9.17) is 12.2 Å². The number of benzene rings is 2. The number of nitrogens with zero attached hydrogens (tertiary/aromatic N) is 1. The second kappa shape index (κ2) is 6.66. The lowest BCUT2D eigenvalue weighted by molar-refractivity contribution is 1.05. The number of para-hydroxylation sites is 1. The summed E-state index contributed by atoms with van der Waals surface area (Å²) >= 11 is 5.14. The molecule has 2 aromatic rings. The zero-order valence-electron chi connectivity index (χ0n) is 10.6. The molecule has 0 spiro atoms. The molecule has 0 aromatic heterocycles. The molecule has 3 nitrogen and oxygen atoms in total. The van der Waals surface area contributed by atoms with E-state index in [1.807, 2.05) is 55.5 Å². The van der Waals surface area contributed by atoms with E-state index >= 15 is 0 Å². The van der Waals surface area contributed by atoms with Gasteiger partial charge in [0.05, 0.1) is 6.21 Å². The van der Waals surface area contributed by atoms with Gasteiger partial charge in [0.15, 0.2) is 5.11 Å². The highest BCUT2D eigenvalue weighted by molar-refractivity contribution is 7.80. The van der Waals surface area contributed by atoms with Gasteiger partial charge in [0.2, 0.25) is 0 Å². The second-order valence-corrected chi connectivity index (χ2v) is 4.51. The van der Waals surface area contributed by atoms with Crippen molar-refractivity contribution in [2.75, 3.05) is 5.32 Å². The molecule has 0 heterocycles. The van der Waals surface area contributed by atoms with Gasteiger partial charge in [-0.2, -0.15) is 5.10 Å². The molecule has 0 bridgehead atoms. The lowest BCUT2D eigenvalue weighted by atomic mass is 10.2. The normalized spacial score (nSPS) is 10.4. The average molecular weight is 269 g/mol. The van der Waals surface area contributed by atoms with Gasteiger partial charge < -0.3 is 5.32 Å². The first kappa shape index (κ1) is 13.2. The van der Waals surface area contributed by atoms with Gasteiger partial charge in [0.1, 0.15) is 0 Å². The van der Waals surface area contributed by atoms with Gasteiger partial charge in [0, 0.05) is 5.69 Å². The van der Waals surface area contributed by atoms with Crippen LogP contribution in [0.5, 0.6) is 0 Å². The predicted octanol–water partition coefficient (Wildman–Crippen LogP) is 3.32. The van der Waals surface area contributed by atoms with Gasteiger partial charge in [-0.25, -0.2) is 0 Å². The highest BCUT2D eigenvalue weighted by Crippen LogP contribution is 2.04. The van der Waals surface area contributed by atoms with E-state index in [0.717, 1.165) is 11.3 Å². The third-order valence-corrected chi connectivity index (χ3v) is 2.65. The Bertz CT molecular complexity index is 579. The van der Waals surface area contributed by atoms with Crippen LogP contribution in [0.2, 0.25) is 0 Å². The summed E-state index contributed by atoms with van der Waals surface area (Å²) in [6.07, 6.45) is 1.74. The molecule has 2 N–H and O–H groups in total. The van der Waals surface area contributed by atoms with Crippen molar-refractivity contribution in [3.05, 3.63) is 65.7 Å². The van der Waals surface area contributed by atoms with Gasteiger partial charge >= 0.3 is 0 Å². The fraction of sp³-hybridized carbons (Fsp3) is 0.0667.